The molecule has 0 unspecified atom stereocenters. The fourth-order valence-electron chi connectivity index (χ4n) is 1.47. The predicted molar refractivity (Wildman–Crippen MR) is 64.3 cm³/mol. The molecule has 5 heteroatoms. The molecule has 0 aliphatic heterocycles. The maximum absolute atomic E-state index is 11.5. The lowest BCUT2D eigenvalue weighted by atomic mass is 10.2. The van der Waals surface area contributed by atoms with Crippen LogP contribution in [0.25, 0.3) is 5.65 Å². The summed E-state index contributed by atoms with van der Waals surface area (Å²) in [6.45, 7) is 0. The minimum Gasteiger partial charge on any atom is -0.326 e. The number of hydrogen-bond donors (Lipinski definition) is 1. The van der Waals surface area contributed by atoms with Crippen LogP contribution in [0.4, 0.5) is 5.69 Å². The molecule has 0 radical (unpaired) electrons. The molecule has 1 N–H and O–H groups in total. The highest BCUT2D eigenvalue weighted by Crippen LogP contribution is 2.10. The van der Waals surface area contributed by atoms with Gasteiger partial charge in [0.1, 0.15) is 6.33 Å². The van der Waals surface area contributed by atoms with Crippen molar-refractivity contribution >= 4 is 17.2 Å². The third-order valence-corrected chi connectivity index (χ3v) is 2.29. The Balaban J connectivity index is 1.98. The molecule has 0 fully saturated rings. The van der Waals surface area contributed by atoms with Gasteiger partial charge in [-0.1, -0.05) is 0 Å². The van der Waals surface area contributed by atoms with Crippen molar-refractivity contribution in [1.82, 2.24) is 14.6 Å². The Morgan fingerprint density at radius 1 is 1.59 bits per heavy atom. The fourth-order valence-corrected chi connectivity index (χ4v) is 1.47. The highest BCUT2D eigenvalue weighted by molar-refractivity contribution is 5.91. The number of carbonyl (C=O) groups is 1. The molecule has 0 saturated heterocycles. The summed E-state index contributed by atoms with van der Waals surface area (Å²) in [5, 5.41) is 6.76. The smallest absolute Gasteiger partial charge is 0.224 e. The summed E-state index contributed by atoms with van der Waals surface area (Å²) >= 11 is 0. The van der Waals surface area contributed by atoms with Gasteiger partial charge in [0.15, 0.2) is 5.65 Å². The summed E-state index contributed by atoms with van der Waals surface area (Å²) < 4.78 is 1.63. The molecule has 2 aromatic heterocycles. The second-order valence-electron chi connectivity index (χ2n) is 3.58. The molecule has 86 valence electrons. The molecule has 0 aliphatic carbocycles. The number of carbonyl (C=O) groups excluding carboxylic acids is 1. The van der Waals surface area contributed by atoms with Gasteiger partial charge in [-0.05, 0) is 12.5 Å². The predicted octanol–water partition coefficient (Wildman–Crippen LogP) is 1.47. The van der Waals surface area contributed by atoms with Crippen LogP contribution in [0.2, 0.25) is 0 Å². The van der Waals surface area contributed by atoms with Crippen LogP contribution in [0.15, 0.2) is 24.7 Å². The molecule has 0 bridgehead atoms. The van der Waals surface area contributed by atoms with E-state index in [0.29, 0.717) is 24.9 Å². The SMILES string of the molecule is C#CCCCC(=O)Nc1ccn2ncnc2c1. The van der Waals surface area contributed by atoms with Crippen molar-refractivity contribution in [2.24, 2.45) is 0 Å². The van der Waals surface area contributed by atoms with Gasteiger partial charge >= 0.3 is 0 Å². The van der Waals surface area contributed by atoms with Gasteiger partial charge in [-0.25, -0.2) is 9.50 Å². The second kappa shape index (κ2) is 5.12. The van der Waals surface area contributed by atoms with E-state index in [-0.39, 0.29) is 5.91 Å². The quantitative estimate of drug-likeness (QED) is 0.636. The molecular formula is C12H12N4O. The Kier molecular flexibility index (Phi) is 3.36. The topological polar surface area (TPSA) is 59.3 Å². The number of anilines is 1. The highest BCUT2D eigenvalue weighted by atomic mass is 16.1. The summed E-state index contributed by atoms with van der Waals surface area (Å²) in [6, 6.07) is 3.55. The molecule has 0 saturated carbocycles. The maximum atomic E-state index is 11.5. The first kappa shape index (κ1) is 11.1. The van der Waals surface area contributed by atoms with E-state index < -0.39 is 0 Å². The average molecular weight is 228 g/mol. The molecule has 0 spiro atoms. The number of aromatic nitrogens is 3. The number of nitrogens with one attached hydrogen (secondary N) is 1. The van der Waals surface area contributed by atoms with Gasteiger partial charge < -0.3 is 5.32 Å². The van der Waals surface area contributed by atoms with E-state index in [0.717, 1.165) is 5.69 Å². The Hall–Kier alpha value is -2.35. The summed E-state index contributed by atoms with van der Waals surface area (Å²) in [5.74, 6) is 2.47. The van der Waals surface area contributed by atoms with Crippen molar-refractivity contribution in [3.05, 3.63) is 24.7 Å². The maximum Gasteiger partial charge on any atom is 0.224 e. The molecule has 5 nitrogen and oxygen atoms in total. The zero-order valence-electron chi connectivity index (χ0n) is 9.26. The van der Waals surface area contributed by atoms with Crippen LogP contribution in [0, 0.1) is 12.3 Å². The zero-order chi connectivity index (χ0) is 12.1. The van der Waals surface area contributed by atoms with E-state index in [1.807, 2.05) is 0 Å². The van der Waals surface area contributed by atoms with Gasteiger partial charge in [0.25, 0.3) is 0 Å². The average Bonchev–Trinajstić information content (AvgIpc) is 2.76. The molecule has 2 heterocycles. The summed E-state index contributed by atoms with van der Waals surface area (Å²) in [6.07, 6.45) is 10.1. The van der Waals surface area contributed by atoms with E-state index >= 15 is 0 Å². The standard InChI is InChI=1S/C12H12N4O/c1-2-3-4-5-12(17)15-10-6-7-16-11(8-10)13-9-14-16/h1,6-9H,3-5H2,(H,15,17). The first-order chi connectivity index (χ1) is 8.29. The lowest BCUT2D eigenvalue weighted by Crippen LogP contribution is -2.11. The van der Waals surface area contributed by atoms with Crippen LogP contribution >= 0.6 is 0 Å². The van der Waals surface area contributed by atoms with Crippen molar-refractivity contribution < 1.29 is 4.79 Å². The highest BCUT2D eigenvalue weighted by Gasteiger charge is 2.03. The molecule has 17 heavy (non-hydrogen) atoms. The Labute approximate surface area is 98.9 Å². The fraction of sp³-hybridized carbons (Fsp3) is 0.250. The van der Waals surface area contributed by atoms with Gasteiger partial charge in [-0.2, -0.15) is 5.10 Å². The number of pyridine rings is 1. The Bertz CT molecular complexity index is 567. The zero-order valence-corrected chi connectivity index (χ0v) is 9.26. The number of nitrogens with zero attached hydrogens (tertiary/aromatic N) is 3. The first-order valence-electron chi connectivity index (χ1n) is 5.32. The Morgan fingerprint density at radius 2 is 2.47 bits per heavy atom. The molecule has 0 aromatic carbocycles. The van der Waals surface area contributed by atoms with Crippen molar-refractivity contribution in [2.75, 3.05) is 5.32 Å². The van der Waals surface area contributed by atoms with Crippen LogP contribution < -0.4 is 5.32 Å². The van der Waals surface area contributed by atoms with Gasteiger partial charge in [0.05, 0.1) is 0 Å². The van der Waals surface area contributed by atoms with E-state index in [4.69, 9.17) is 6.42 Å². The molecule has 1 amide bonds. The first-order valence-corrected chi connectivity index (χ1v) is 5.32. The number of amides is 1. The van der Waals surface area contributed by atoms with Crippen LogP contribution in [0.1, 0.15) is 19.3 Å². The number of terminal acetylenes is 1. The Morgan fingerprint density at radius 3 is 3.29 bits per heavy atom. The third-order valence-electron chi connectivity index (χ3n) is 2.29. The molecule has 2 aromatic rings. The molecule has 2 rings (SSSR count). The van der Waals surface area contributed by atoms with E-state index in [9.17, 15) is 4.79 Å². The molecular weight excluding hydrogens is 216 g/mol. The minimum atomic E-state index is -0.0379. The lowest BCUT2D eigenvalue weighted by molar-refractivity contribution is -0.116. The van der Waals surface area contributed by atoms with Crippen molar-refractivity contribution in [3.8, 4) is 12.3 Å². The summed E-state index contributed by atoms with van der Waals surface area (Å²) in [7, 11) is 0. The van der Waals surface area contributed by atoms with Crippen LogP contribution in [-0.4, -0.2) is 20.5 Å². The van der Waals surface area contributed by atoms with E-state index in [2.05, 4.69) is 21.3 Å². The normalized spacial score (nSPS) is 10.1. The minimum absolute atomic E-state index is 0.0379. The van der Waals surface area contributed by atoms with Gasteiger partial charge in [-0.3, -0.25) is 4.79 Å². The van der Waals surface area contributed by atoms with E-state index in [1.54, 1.807) is 22.8 Å². The van der Waals surface area contributed by atoms with Crippen molar-refractivity contribution in [3.63, 3.8) is 0 Å². The summed E-state index contributed by atoms with van der Waals surface area (Å²) in [4.78, 5) is 15.6. The van der Waals surface area contributed by atoms with Gasteiger partial charge in [-0.15, -0.1) is 12.3 Å². The molecule has 0 atom stereocenters. The van der Waals surface area contributed by atoms with Gasteiger partial charge in [0.2, 0.25) is 5.91 Å². The van der Waals surface area contributed by atoms with Crippen molar-refractivity contribution in [1.29, 1.82) is 0 Å². The molecule has 0 aliphatic rings. The number of unbranched alkanes of at least 4 members (excludes halogenated alkanes) is 1. The number of rotatable bonds is 4. The number of fused-ring (bicyclic) bond motifs is 1. The third kappa shape index (κ3) is 2.82. The van der Waals surface area contributed by atoms with Gasteiger partial charge in [0, 0.05) is 30.8 Å². The largest absolute Gasteiger partial charge is 0.326 e. The van der Waals surface area contributed by atoms with Crippen LogP contribution in [0.5, 0.6) is 0 Å². The monoisotopic (exact) mass is 228 g/mol. The van der Waals surface area contributed by atoms with E-state index in [1.165, 1.54) is 6.33 Å². The number of hydrogen-bond acceptors (Lipinski definition) is 3. The van der Waals surface area contributed by atoms with Crippen LogP contribution in [0.3, 0.4) is 0 Å². The second-order valence-corrected chi connectivity index (χ2v) is 3.58. The van der Waals surface area contributed by atoms with Crippen molar-refractivity contribution in [2.45, 2.75) is 19.3 Å². The van der Waals surface area contributed by atoms with Crippen LogP contribution in [-0.2, 0) is 4.79 Å². The lowest BCUT2D eigenvalue weighted by Gasteiger charge is -2.04. The summed E-state index contributed by atoms with van der Waals surface area (Å²) in [5.41, 5.74) is 1.42.